The highest BCUT2D eigenvalue weighted by atomic mass is 16.4. The summed E-state index contributed by atoms with van der Waals surface area (Å²) in [5.74, 6) is -0.368. The van der Waals surface area contributed by atoms with Crippen LogP contribution < -0.4 is 0 Å². The second kappa shape index (κ2) is 5.23. The average Bonchev–Trinajstić information content (AvgIpc) is 2.63. The molecule has 0 saturated heterocycles. The molecule has 0 aliphatic carbocycles. The van der Waals surface area contributed by atoms with Gasteiger partial charge in [0, 0.05) is 5.56 Å². The van der Waals surface area contributed by atoms with Crippen molar-refractivity contribution in [2.24, 2.45) is 5.92 Å². The number of carboxylic acids is 1. The molecule has 108 valence electrons. The van der Waals surface area contributed by atoms with Gasteiger partial charge in [0.2, 0.25) is 0 Å². The van der Waals surface area contributed by atoms with Gasteiger partial charge in [0.1, 0.15) is 0 Å². The number of hydrogen-bond donors (Lipinski definition) is 1. The highest BCUT2D eigenvalue weighted by Gasteiger charge is 2.21. The molecule has 2 rings (SSSR count). The Kier molecular flexibility index (Phi) is 3.79. The Morgan fingerprint density at radius 1 is 1.35 bits per heavy atom. The molecule has 0 aliphatic heterocycles. The fourth-order valence-corrected chi connectivity index (χ4v) is 2.52. The van der Waals surface area contributed by atoms with Crippen molar-refractivity contribution >= 4 is 11.6 Å². The van der Waals surface area contributed by atoms with E-state index in [0.29, 0.717) is 11.6 Å². The molecule has 0 amide bonds. The molecule has 5 nitrogen and oxygen atoms in total. The van der Waals surface area contributed by atoms with Gasteiger partial charge in [0.25, 0.3) is 0 Å². The first-order chi connectivity index (χ1) is 9.32. The van der Waals surface area contributed by atoms with Gasteiger partial charge in [-0.2, -0.15) is 5.10 Å². The maximum absolute atomic E-state index is 11.4. The predicted molar refractivity (Wildman–Crippen MR) is 77.3 cm³/mol. The summed E-state index contributed by atoms with van der Waals surface area (Å²) in [6.45, 7) is 10.2. The molecular weight excluding hydrogens is 254 g/mol. The van der Waals surface area contributed by atoms with Gasteiger partial charge in [-0.15, -0.1) is 0 Å². The molecule has 20 heavy (non-hydrogen) atoms. The van der Waals surface area contributed by atoms with Crippen molar-refractivity contribution in [2.75, 3.05) is 0 Å². The Morgan fingerprint density at radius 2 is 2.00 bits per heavy atom. The predicted octanol–water partition coefficient (Wildman–Crippen LogP) is 3.06. The van der Waals surface area contributed by atoms with Crippen molar-refractivity contribution in [3.63, 3.8) is 0 Å². The van der Waals surface area contributed by atoms with Gasteiger partial charge in [-0.1, -0.05) is 27.7 Å². The van der Waals surface area contributed by atoms with Crippen LogP contribution in [0.5, 0.6) is 0 Å². The summed E-state index contributed by atoms with van der Waals surface area (Å²) in [7, 11) is 0. The lowest BCUT2D eigenvalue weighted by Crippen LogP contribution is -2.11. The zero-order valence-electron chi connectivity index (χ0n) is 12.6. The lowest BCUT2D eigenvalue weighted by molar-refractivity contribution is 0.0694. The van der Waals surface area contributed by atoms with Crippen LogP contribution in [0.1, 0.15) is 60.9 Å². The lowest BCUT2D eigenvalue weighted by atomic mass is 10.00. The summed E-state index contributed by atoms with van der Waals surface area (Å²) in [5.41, 5.74) is 3.66. The van der Waals surface area contributed by atoms with Gasteiger partial charge in [0.15, 0.2) is 5.65 Å². The third-order valence-corrected chi connectivity index (χ3v) is 3.39. The third kappa shape index (κ3) is 2.40. The van der Waals surface area contributed by atoms with Crippen LogP contribution in [-0.2, 0) is 6.42 Å². The van der Waals surface area contributed by atoms with Gasteiger partial charge in [-0.05, 0) is 25.2 Å². The van der Waals surface area contributed by atoms with E-state index in [0.717, 1.165) is 23.4 Å². The van der Waals surface area contributed by atoms with E-state index in [4.69, 9.17) is 0 Å². The molecule has 0 bridgehead atoms. The summed E-state index contributed by atoms with van der Waals surface area (Å²) in [4.78, 5) is 15.9. The molecular formula is C15H21N3O2. The second-order valence-corrected chi connectivity index (χ2v) is 5.91. The molecule has 0 aliphatic rings. The van der Waals surface area contributed by atoms with E-state index in [9.17, 15) is 9.90 Å². The Balaban J connectivity index is 2.76. The van der Waals surface area contributed by atoms with Gasteiger partial charge >= 0.3 is 5.97 Å². The van der Waals surface area contributed by atoms with Crippen LogP contribution >= 0.6 is 0 Å². The van der Waals surface area contributed by atoms with Gasteiger partial charge < -0.3 is 5.11 Å². The Morgan fingerprint density at radius 3 is 2.50 bits per heavy atom. The number of aromatic nitrogens is 3. The van der Waals surface area contributed by atoms with Gasteiger partial charge in [0.05, 0.1) is 23.1 Å². The smallest absolute Gasteiger partial charge is 0.337 e. The van der Waals surface area contributed by atoms with Crippen LogP contribution in [0, 0.1) is 12.8 Å². The number of carboxylic acid groups (broad SMARTS) is 1. The molecule has 0 radical (unpaired) electrons. The summed E-state index contributed by atoms with van der Waals surface area (Å²) in [6.07, 6.45) is 2.32. The van der Waals surface area contributed by atoms with Crippen molar-refractivity contribution in [1.29, 1.82) is 0 Å². The molecule has 0 saturated carbocycles. The summed E-state index contributed by atoms with van der Waals surface area (Å²) in [6, 6.07) is 0. The van der Waals surface area contributed by atoms with Crippen LogP contribution in [0.25, 0.3) is 5.65 Å². The van der Waals surface area contributed by atoms with E-state index >= 15 is 0 Å². The molecule has 0 atom stereocenters. The van der Waals surface area contributed by atoms with Crippen LogP contribution in [0.4, 0.5) is 0 Å². The second-order valence-electron chi connectivity index (χ2n) is 5.91. The fraction of sp³-hybridized carbons (Fsp3) is 0.533. The van der Waals surface area contributed by atoms with E-state index in [2.05, 4.69) is 23.9 Å². The van der Waals surface area contributed by atoms with Crippen molar-refractivity contribution in [3.8, 4) is 0 Å². The number of fused-ring (bicyclic) bond motifs is 1. The summed E-state index contributed by atoms with van der Waals surface area (Å²) >= 11 is 0. The van der Waals surface area contributed by atoms with Gasteiger partial charge in [-0.3, -0.25) is 0 Å². The van der Waals surface area contributed by atoms with Crippen LogP contribution in [-0.4, -0.2) is 25.7 Å². The van der Waals surface area contributed by atoms with E-state index in [-0.39, 0.29) is 11.5 Å². The van der Waals surface area contributed by atoms with Crippen molar-refractivity contribution in [3.05, 3.63) is 28.7 Å². The molecule has 5 heteroatoms. The molecule has 2 aromatic rings. The molecule has 0 unspecified atom stereocenters. The topological polar surface area (TPSA) is 67.5 Å². The number of rotatable bonds is 4. The summed E-state index contributed by atoms with van der Waals surface area (Å²) < 4.78 is 1.80. The quantitative estimate of drug-likeness (QED) is 0.931. The van der Waals surface area contributed by atoms with Crippen LogP contribution in [0.2, 0.25) is 0 Å². The van der Waals surface area contributed by atoms with E-state index in [1.54, 1.807) is 4.52 Å². The van der Waals surface area contributed by atoms with Crippen molar-refractivity contribution in [1.82, 2.24) is 14.6 Å². The normalized spacial score (nSPS) is 11.8. The maximum Gasteiger partial charge on any atom is 0.337 e. The number of aryl methyl sites for hydroxylation is 1. The standard InChI is InChI=1S/C15H21N3O2/c1-8(2)6-12-10(5)17-14-13(9(3)4)11(15(19)20)7-16-18(12)14/h7-9H,6H2,1-5H3,(H,19,20). The average molecular weight is 275 g/mol. The summed E-state index contributed by atoms with van der Waals surface area (Å²) in [5, 5.41) is 13.6. The minimum atomic E-state index is -0.949. The van der Waals surface area contributed by atoms with Crippen molar-refractivity contribution < 1.29 is 9.90 Å². The number of hydrogen-bond acceptors (Lipinski definition) is 3. The van der Waals surface area contributed by atoms with E-state index < -0.39 is 5.97 Å². The zero-order chi connectivity index (χ0) is 15.0. The molecule has 1 N–H and O–H groups in total. The third-order valence-electron chi connectivity index (χ3n) is 3.39. The van der Waals surface area contributed by atoms with Crippen LogP contribution in [0.3, 0.4) is 0 Å². The van der Waals surface area contributed by atoms with E-state index in [1.165, 1.54) is 6.20 Å². The maximum atomic E-state index is 11.4. The van der Waals surface area contributed by atoms with Gasteiger partial charge in [-0.25, -0.2) is 14.3 Å². The largest absolute Gasteiger partial charge is 0.478 e. The molecule has 2 heterocycles. The monoisotopic (exact) mass is 275 g/mol. The van der Waals surface area contributed by atoms with E-state index in [1.807, 2.05) is 20.8 Å². The Hall–Kier alpha value is -1.91. The number of imidazole rings is 1. The minimum Gasteiger partial charge on any atom is -0.478 e. The lowest BCUT2D eigenvalue weighted by Gasteiger charge is -2.11. The molecule has 0 aromatic carbocycles. The van der Waals surface area contributed by atoms with Crippen LogP contribution in [0.15, 0.2) is 6.20 Å². The zero-order valence-corrected chi connectivity index (χ0v) is 12.6. The highest BCUT2D eigenvalue weighted by molar-refractivity contribution is 5.91. The first-order valence-electron chi connectivity index (χ1n) is 6.93. The Labute approximate surface area is 118 Å². The Bertz CT molecular complexity index is 657. The van der Waals surface area contributed by atoms with Crippen molar-refractivity contribution in [2.45, 2.75) is 47.0 Å². The highest BCUT2D eigenvalue weighted by Crippen LogP contribution is 2.26. The molecule has 0 spiro atoms. The number of aromatic carboxylic acids is 1. The SMILES string of the molecule is Cc1nc2c(C(C)C)c(C(=O)O)cnn2c1CC(C)C. The first-order valence-corrected chi connectivity index (χ1v) is 6.93. The number of nitrogens with zero attached hydrogens (tertiary/aromatic N) is 3. The number of carbonyl (C=O) groups is 1. The first kappa shape index (κ1) is 14.5. The molecule has 0 fully saturated rings. The minimum absolute atomic E-state index is 0.0836. The molecule has 2 aromatic heterocycles. The fourth-order valence-electron chi connectivity index (χ4n) is 2.52.